The lowest BCUT2D eigenvalue weighted by atomic mass is 10.1. The molecular weight excluding hydrogens is 300 g/mol. The first kappa shape index (κ1) is 15.3. The van der Waals surface area contributed by atoms with Crippen LogP contribution in [-0.2, 0) is 11.3 Å². The first-order chi connectivity index (χ1) is 11.1. The monoisotopic (exact) mass is 318 g/mol. The van der Waals surface area contributed by atoms with Crippen molar-refractivity contribution >= 4 is 11.9 Å². The van der Waals surface area contributed by atoms with Gasteiger partial charge in [-0.05, 0) is 43.5 Å². The molecule has 1 fully saturated rings. The van der Waals surface area contributed by atoms with E-state index in [1.54, 1.807) is 11.5 Å². The number of ether oxygens (including phenoxy) is 1. The third kappa shape index (κ3) is 3.14. The number of aryl methyl sites for hydroxylation is 2. The Kier molecular flexibility index (Phi) is 4.20. The van der Waals surface area contributed by atoms with Crippen LogP contribution in [0.2, 0.25) is 0 Å². The first-order valence-corrected chi connectivity index (χ1v) is 7.43. The Balaban J connectivity index is 1.92. The average Bonchev–Trinajstić information content (AvgIpc) is 3.16. The van der Waals surface area contributed by atoms with Crippen LogP contribution in [0.25, 0.3) is 0 Å². The van der Waals surface area contributed by atoms with Gasteiger partial charge in [-0.3, -0.25) is 14.9 Å². The fourth-order valence-electron chi connectivity index (χ4n) is 2.80. The summed E-state index contributed by atoms with van der Waals surface area (Å²) in [5, 5.41) is 15.4. The smallest absolute Gasteiger partial charge is 0.270 e. The Morgan fingerprint density at radius 2 is 2.35 bits per heavy atom. The predicted octanol–water partition coefficient (Wildman–Crippen LogP) is 0.410. The fraction of sp³-hybridized carbons (Fsp3) is 0.500. The van der Waals surface area contributed by atoms with Gasteiger partial charge in [0.25, 0.3) is 17.4 Å². The molecule has 0 bridgehead atoms. The molecule has 1 saturated heterocycles. The largest absolute Gasteiger partial charge is 0.376 e. The summed E-state index contributed by atoms with van der Waals surface area (Å²) in [6.45, 7) is 4.75. The third-order valence-electron chi connectivity index (χ3n) is 3.91. The quantitative estimate of drug-likeness (QED) is 0.843. The van der Waals surface area contributed by atoms with Gasteiger partial charge in [-0.2, -0.15) is 5.21 Å². The summed E-state index contributed by atoms with van der Waals surface area (Å²) in [6.07, 6.45) is 1.93. The van der Waals surface area contributed by atoms with Crippen molar-refractivity contribution in [1.29, 1.82) is 0 Å². The fourth-order valence-corrected chi connectivity index (χ4v) is 2.80. The van der Waals surface area contributed by atoms with Crippen LogP contribution in [0.15, 0.2) is 10.9 Å². The van der Waals surface area contributed by atoms with Crippen LogP contribution >= 0.6 is 0 Å². The van der Waals surface area contributed by atoms with E-state index in [1.165, 1.54) is 0 Å². The van der Waals surface area contributed by atoms with E-state index >= 15 is 0 Å². The second-order valence-corrected chi connectivity index (χ2v) is 5.58. The maximum absolute atomic E-state index is 12.8. The van der Waals surface area contributed by atoms with E-state index in [4.69, 9.17) is 4.74 Å². The molecule has 122 valence electrons. The van der Waals surface area contributed by atoms with E-state index < -0.39 is 5.91 Å². The molecule has 9 heteroatoms. The molecule has 1 amide bonds. The minimum absolute atomic E-state index is 0.0159. The Hall–Kier alpha value is -2.55. The van der Waals surface area contributed by atoms with Gasteiger partial charge in [-0.1, -0.05) is 5.10 Å². The maximum atomic E-state index is 12.8. The predicted molar refractivity (Wildman–Crippen MR) is 81.3 cm³/mol. The second kappa shape index (κ2) is 6.29. The highest BCUT2D eigenvalue weighted by Crippen LogP contribution is 2.15. The van der Waals surface area contributed by atoms with Gasteiger partial charge in [0.15, 0.2) is 0 Å². The number of amides is 1. The standard InChI is InChI=1S/C14H18N6O3/c1-8-6-9(2)20(7-10-4-3-5-23-10)13(22)11(8)12(21)15-14-16-18-19-17-14/h6,10H,3-5,7H2,1-2H3,(H2,15,16,17,18,19,21)/t10-/m1/s1. The summed E-state index contributed by atoms with van der Waals surface area (Å²) >= 11 is 0. The zero-order valence-corrected chi connectivity index (χ0v) is 13.0. The number of aromatic amines is 1. The van der Waals surface area contributed by atoms with Crippen LogP contribution < -0.4 is 10.9 Å². The summed E-state index contributed by atoms with van der Waals surface area (Å²) in [7, 11) is 0. The van der Waals surface area contributed by atoms with Gasteiger partial charge in [0.2, 0.25) is 0 Å². The average molecular weight is 318 g/mol. The van der Waals surface area contributed by atoms with Crippen molar-refractivity contribution in [3.8, 4) is 0 Å². The Morgan fingerprint density at radius 1 is 1.52 bits per heavy atom. The van der Waals surface area contributed by atoms with Crippen molar-refractivity contribution in [3.63, 3.8) is 0 Å². The summed E-state index contributed by atoms with van der Waals surface area (Å²) in [5.74, 6) is -0.518. The summed E-state index contributed by atoms with van der Waals surface area (Å²) in [5.41, 5.74) is 1.16. The van der Waals surface area contributed by atoms with E-state index in [0.29, 0.717) is 12.1 Å². The molecular formula is C14H18N6O3. The number of tetrazole rings is 1. The number of rotatable bonds is 4. The number of pyridine rings is 1. The molecule has 1 aliphatic rings. The normalized spacial score (nSPS) is 17.4. The molecule has 0 aliphatic carbocycles. The van der Waals surface area contributed by atoms with Crippen LogP contribution in [-0.4, -0.2) is 43.8 Å². The molecule has 0 unspecified atom stereocenters. The van der Waals surface area contributed by atoms with Gasteiger partial charge in [-0.15, -0.1) is 5.10 Å². The molecule has 3 rings (SSSR count). The maximum Gasteiger partial charge on any atom is 0.270 e. The third-order valence-corrected chi connectivity index (χ3v) is 3.91. The van der Waals surface area contributed by atoms with Crippen LogP contribution in [0.5, 0.6) is 0 Å². The topological polar surface area (TPSA) is 115 Å². The Labute approximate surface area is 132 Å². The molecule has 0 saturated carbocycles. The molecule has 0 radical (unpaired) electrons. The highest BCUT2D eigenvalue weighted by atomic mass is 16.5. The molecule has 2 aromatic heterocycles. The van der Waals surface area contributed by atoms with E-state index in [0.717, 1.165) is 25.1 Å². The number of carbonyl (C=O) groups is 1. The molecule has 3 heterocycles. The van der Waals surface area contributed by atoms with Crippen molar-refractivity contribution in [1.82, 2.24) is 25.2 Å². The van der Waals surface area contributed by atoms with Crippen LogP contribution in [0.3, 0.4) is 0 Å². The highest BCUT2D eigenvalue weighted by molar-refractivity contribution is 6.04. The molecule has 2 N–H and O–H groups in total. The van der Waals surface area contributed by atoms with Crippen molar-refractivity contribution in [2.24, 2.45) is 0 Å². The number of hydrogen-bond acceptors (Lipinski definition) is 6. The van der Waals surface area contributed by atoms with Crippen molar-refractivity contribution in [2.45, 2.75) is 39.3 Å². The summed E-state index contributed by atoms with van der Waals surface area (Å²) in [4.78, 5) is 25.1. The lowest BCUT2D eigenvalue weighted by molar-refractivity contribution is 0.0947. The molecule has 23 heavy (non-hydrogen) atoms. The highest BCUT2D eigenvalue weighted by Gasteiger charge is 2.22. The zero-order valence-electron chi connectivity index (χ0n) is 13.0. The molecule has 0 spiro atoms. The van der Waals surface area contributed by atoms with Crippen LogP contribution in [0, 0.1) is 13.8 Å². The number of anilines is 1. The minimum Gasteiger partial charge on any atom is -0.376 e. The number of nitrogens with zero attached hydrogens (tertiary/aromatic N) is 4. The molecule has 1 aliphatic heterocycles. The number of nitrogens with one attached hydrogen (secondary N) is 2. The van der Waals surface area contributed by atoms with Crippen molar-refractivity contribution in [2.75, 3.05) is 11.9 Å². The summed E-state index contributed by atoms with van der Waals surface area (Å²) in [6, 6.07) is 1.82. The molecule has 0 aromatic carbocycles. The van der Waals surface area contributed by atoms with Crippen LogP contribution in [0.1, 0.15) is 34.5 Å². The zero-order chi connectivity index (χ0) is 16.4. The first-order valence-electron chi connectivity index (χ1n) is 7.43. The molecule has 1 atom stereocenters. The summed E-state index contributed by atoms with van der Waals surface area (Å²) < 4.78 is 7.18. The van der Waals surface area contributed by atoms with E-state index in [9.17, 15) is 9.59 Å². The van der Waals surface area contributed by atoms with Gasteiger partial charge in [0, 0.05) is 12.3 Å². The van der Waals surface area contributed by atoms with E-state index in [1.807, 2.05) is 13.0 Å². The second-order valence-electron chi connectivity index (χ2n) is 5.58. The van der Waals surface area contributed by atoms with Gasteiger partial charge in [0.1, 0.15) is 5.56 Å². The molecule has 2 aromatic rings. The van der Waals surface area contributed by atoms with Gasteiger partial charge >= 0.3 is 0 Å². The number of aromatic nitrogens is 5. The lowest BCUT2D eigenvalue weighted by Gasteiger charge is -2.17. The lowest BCUT2D eigenvalue weighted by Crippen LogP contribution is -2.34. The number of H-pyrrole nitrogens is 1. The number of carbonyl (C=O) groups excluding carboxylic acids is 1. The van der Waals surface area contributed by atoms with Gasteiger partial charge in [0.05, 0.1) is 12.6 Å². The van der Waals surface area contributed by atoms with Gasteiger partial charge in [-0.25, -0.2) is 0 Å². The Bertz CT molecular complexity index is 762. The number of hydrogen-bond donors (Lipinski definition) is 2. The van der Waals surface area contributed by atoms with E-state index in [-0.39, 0.29) is 23.2 Å². The SMILES string of the molecule is Cc1cc(C)n(C[C@H]2CCCO2)c(=O)c1C(=O)Nc1nn[nH]n1. The minimum atomic E-state index is -0.546. The van der Waals surface area contributed by atoms with Gasteiger partial charge < -0.3 is 9.30 Å². The Morgan fingerprint density at radius 3 is 3.00 bits per heavy atom. The molecule has 9 nitrogen and oxygen atoms in total. The van der Waals surface area contributed by atoms with Crippen LogP contribution in [0.4, 0.5) is 5.95 Å². The van der Waals surface area contributed by atoms with Crippen molar-refractivity contribution < 1.29 is 9.53 Å². The van der Waals surface area contributed by atoms with E-state index in [2.05, 4.69) is 25.9 Å². The van der Waals surface area contributed by atoms with Crippen molar-refractivity contribution in [3.05, 3.63) is 33.2 Å².